The zero-order valence-corrected chi connectivity index (χ0v) is 8.41. The molecule has 0 saturated heterocycles. The number of rotatable bonds is 8. The van der Waals surface area contributed by atoms with Crippen molar-refractivity contribution in [3.8, 4) is 0 Å². The Kier molecular flexibility index (Phi) is 9.02. The van der Waals surface area contributed by atoms with Crippen LogP contribution in [0.5, 0.6) is 0 Å². The normalized spacial score (nSPS) is 10.2. The Bertz CT molecular complexity index is 112. The summed E-state index contributed by atoms with van der Waals surface area (Å²) in [5.41, 5.74) is 0. The third-order valence-electron chi connectivity index (χ3n) is 1.79. The molecule has 0 heterocycles. The minimum absolute atomic E-state index is 0.383. The molecule has 0 rings (SSSR count). The SMILES string of the molecule is [CH2]CCCC(=O)CCCCCCl. The second-order valence-electron chi connectivity index (χ2n) is 3.00. The number of Topliss-reactive ketones (excluding diaryl/α,β-unsaturated/α-hetero) is 1. The molecule has 0 fully saturated rings. The van der Waals surface area contributed by atoms with Crippen LogP contribution in [0, 0.1) is 6.92 Å². The van der Waals surface area contributed by atoms with E-state index in [1.165, 1.54) is 0 Å². The van der Waals surface area contributed by atoms with Crippen molar-refractivity contribution in [2.45, 2.75) is 44.9 Å². The highest BCUT2D eigenvalue weighted by molar-refractivity contribution is 6.17. The van der Waals surface area contributed by atoms with Gasteiger partial charge in [0.25, 0.3) is 0 Å². The van der Waals surface area contributed by atoms with E-state index >= 15 is 0 Å². The topological polar surface area (TPSA) is 17.1 Å². The fourth-order valence-corrected chi connectivity index (χ4v) is 1.23. The van der Waals surface area contributed by atoms with E-state index in [0.29, 0.717) is 18.1 Å². The second kappa shape index (κ2) is 9.05. The number of hydrogen-bond acceptors (Lipinski definition) is 1. The van der Waals surface area contributed by atoms with E-state index in [9.17, 15) is 4.79 Å². The van der Waals surface area contributed by atoms with Crippen molar-refractivity contribution in [3.05, 3.63) is 6.92 Å². The van der Waals surface area contributed by atoms with Crippen LogP contribution in [-0.2, 0) is 4.79 Å². The molecule has 0 aliphatic heterocycles. The third kappa shape index (κ3) is 8.06. The van der Waals surface area contributed by atoms with Gasteiger partial charge in [0.2, 0.25) is 0 Å². The van der Waals surface area contributed by atoms with Crippen molar-refractivity contribution in [2.24, 2.45) is 0 Å². The molecule has 0 aliphatic rings. The summed E-state index contributed by atoms with van der Waals surface area (Å²) in [5.74, 6) is 1.10. The highest BCUT2D eigenvalue weighted by atomic mass is 35.5. The molecular weight excluding hydrogens is 172 g/mol. The molecular formula is C10H18ClO. The Morgan fingerprint density at radius 2 is 1.75 bits per heavy atom. The smallest absolute Gasteiger partial charge is 0.132 e. The largest absolute Gasteiger partial charge is 0.300 e. The van der Waals surface area contributed by atoms with Crippen molar-refractivity contribution >= 4 is 17.4 Å². The van der Waals surface area contributed by atoms with Gasteiger partial charge in [-0.3, -0.25) is 4.79 Å². The minimum Gasteiger partial charge on any atom is -0.300 e. The summed E-state index contributed by atoms with van der Waals surface area (Å²) in [6.45, 7) is 3.70. The number of hydrogen-bond donors (Lipinski definition) is 0. The number of halogens is 1. The molecule has 1 radical (unpaired) electrons. The lowest BCUT2D eigenvalue weighted by Gasteiger charge is -1.98. The molecule has 0 atom stereocenters. The first-order valence-corrected chi connectivity index (χ1v) is 5.21. The Hall–Kier alpha value is -0.0400. The average Bonchev–Trinajstić information content (AvgIpc) is 2.09. The van der Waals surface area contributed by atoms with Crippen molar-refractivity contribution in [1.82, 2.24) is 0 Å². The van der Waals surface area contributed by atoms with E-state index in [2.05, 4.69) is 6.92 Å². The van der Waals surface area contributed by atoms with E-state index < -0.39 is 0 Å². The second-order valence-corrected chi connectivity index (χ2v) is 3.37. The fourth-order valence-electron chi connectivity index (χ4n) is 1.04. The monoisotopic (exact) mass is 189 g/mol. The van der Waals surface area contributed by atoms with Crippen molar-refractivity contribution in [1.29, 1.82) is 0 Å². The molecule has 12 heavy (non-hydrogen) atoms. The Balaban J connectivity index is 3.08. The fraction of sp³-hybridized carbons (Fsp3) is 0.800. The number of unbranched alkanes of at least 4 members (excludes halogenated alkanes) is 3. The Morgan fingerprint density at radius 1 is 1.08 bits per heavy atom. The lowest BCUT2D eigenvalue weighted by Crippen LogP contribution is -1.97. The number of alkyl halides is 1. The summed E-state index contributed by atoms with van der Waals surface area (Å²) in [6, 6.07) is 0. The molecule has 0 saturated carbocycles. The predicted octanol–water partition coefficient (Wildman–Crippen LogP) is 3.36. The van der Waals surface area contributed by atoms with E-state index in [1.54, 1.807) is 0 Å². The highest BCUT2D eigenvalue weighted by Gasteiger charge is 1.99. The number of carbonyl (C=O) groups is 1. The lowest BCUT2D eigenvalue weighted by molar-refractivity contribution is -0.119. The summed E-state index contributed by atoms with van der Waals surface area (Å²) in [6.07, 6.45) is 6.37. The van der Waals surface area contributed by atoms with Crippen molar-refractivity contribution in [3.63, 3.8) is 0 Å². The maximum atomic E-state index is 11.1. The van der Waals surface area contributed by atoms with E-state index in [1.807, 2.05) is 0 Å². The molecule has 1 nitrogen and oxygen atoms in total. The molecule has 0 unspecified atom stereocenters. The van der Waals surface area contributed by atoms with Crippen molar-refractivity contribution < 1.29 is 4.79 Å². The summed E-state index contributed by atoms with van der Waals surface area (Å²) in [5, 5.41) is 0. The number of ketones is 1. The van der Waals surface area contributed by atoms with Crippen LogP contribution in [-0.4, -0.2) is 11.7 Å². The Morgan fingerprint density at radius 3 is 2.33 bits per heavy atom. The summed E-state index contributed by atoms with van der Waals surface area (Å²) in [4.78, 5) is 11.1. The van der Waals surface area contributed by atoms with Gasteiger partial charge in [0, 0.05) is 18.7 Å². The first-order valence-electron chi connectivity index (χ1n) is 4.68. The van der Waals surface area contributed by atoms with Gasteiger partial charge in [0.15, 0.2) is 0 Å². The van der Waals surface area contributed by atoms with Crippen LogP contribution in [0.4, 0.5) is 0 Å². The molecule has 0 N–H and O–H groups in total. The van der Waals surface area contributed by atoms with Gasteiger partial charge in [0.1, 0.15) is 5.78 Å². The maximum Gasteiger partial charge on any atom is 0.132 e. The lowest BCUT2D eigenvalue weighted by atomic mass is 10.1. The molecule has 0 aromatic heterocycles. The van der Waals surface area contributed by atoms with Gasteiger partial charge in [-0.15, -0.1) is 11.6 Å². The van der Waals surface area contributed by atoms with Crippen LogP contribution in [0.3, 0.4) is 0 Å². The molecule has 0 aromatic carbocycles. The zero-order valence-electron chi connectivity index (χ0n) is 7.65. The number of carbonyl (C=O) groups excluding carboxylic acids is 1. The molecule has 0 bridgehead atoms. The van der Waals surface area contributed by atoms with Gasteiger partial charge in [-0.2, -0.15) is 0 Å². The van der Waals surface area contributed by atoms with Gasteiger partial charge in [-0.1, -0.05) is 19.8 Å². The molecule has 71 valence electrons. The van der Waals surface area contributed by atoms with Crippen LogP contribution in [0.2, 0.25) is 0 Å². The standard InChI is InChI=1S/C10H18ClO/c1-2-3-7-10(12)8-5-4-6-9-11/h1-9H2. The van der Waals surface area contributed by atoms with Gasteiger partial charge in [-0.25, -0.2) is 0 Å². The maximum absolute atomic E-state index is 11.1. The predicted molar refractivity (Wildman–Crippen MR) is 53.4 cm³/mol. The first-order chi connectivity index (χ1) is 5.81. The van der Waals surface area contributed by atoms with E-state index in [-0.39, 0.29) is 0 Å². The molecule has 0 amide bonds. The van der Waals surface area contributed by atoms with Crippen LogP contribution < -0.4 is 0 Å². The van der Waals surface area contributed by atoms with Crippen molar-refractivity contribution in [2.75, 3.05) is 5.88 Å². The van der Waals surface area contributed by atoms with Gasteiger partial charge >= 0.3 is 0 Å². The highest BCUT2D eigenvalue weighted by Crippen LogP contribution is 2.05. The summed E-state index contributed by atoms with van der Waals surface area (Å²) in [7, 11) is 0. The van der Waals surface area contributed by atoms with Crippen LogP contribution in [0.1, 0.15) is 44.9 Å². The van der Waals surface area contributed by atoms with Crippen LogP contribution in [0.15, 0.2) is 0 Å². The molecule has 2 heteroatoms. The van der Waals surface area contributed by atoms with E-state index in [0.717, 1.165) is 38.5 Å². The zero-order chi connectivity index (χ0) is 9.23. The third-order valence-corrected chi connectivity index (χ3v) is 2.06. The minimum atomic E-state index is 0.383. The van der Waals surface area contributed by atoms with Gasteiger partial charge in [-0.05, 0) is 19.3 Å². The molecule has 0 aromatic rings. The van der Waals surface area contributed by atoms with Gasteiger partial charge < -0.3 is 0 Å². The average molecular weight is 190 g/mol. The quantitative estimate of drug-likeness (QED) is 0.423. The van der Waals surface area contributed by atoms with E-state index in [4.69, 9.17) is 11.6 Å². The molecule has 0 spiro atoms. The van der Waals surface area contributed by atoms with Gasteiger partial charge in [0.05, 0.1) is 0 Å². The van der Waals surface area contributed by atoms with Crippen LogP contribution in [0.25, 0.3) is 0 Å². The molecule has 0 aliphatic carbocycles. The first kappa shape index (κ1) is 12.0. The summed E-state index contributed by atoms with van der Waals surface area (Å²) >= 11 is 5.51. The summed E-state index contributed by atoms with van der Waals surface area (Å²) < 4.78 is 0. The van der Waals surface area contributed by atoms with Crippen LogP contribution >= 0.6 is 11.6 Å². The Labute approximate surface area is 80.5 Å².